The summed E-state index contributed by atoms with van der Waals surface area (Å²) in [5.74, 6) is 1.02. The summed E-state index contributed by atoms with van der Waals surface area (Å²) in [6.45, 7) is 1.21. The average molecular weight is 389 g/mol. The molecule has 0 radical (unpaired) electrons. The Bertz CT molecular complexity index is 828. The van der Waals surface area contributed by atoms with E-state index in [0.717, 1.165) is 37.3 Å². The maximum Gasteiger partial charge on any atom is 0.211 e. The molecule has 2 aromatic rings. The third-order valence-electron chi connectivity index (χ3n) is 3.98. The van der Waals surface area contributed by atoms with Crippen molar-refractivity contribution in [1.82, 2.24) is 18.8 Å². The molecule has 2 aromatic heterocycles. The second-order valence-corrected chi connectivity index (χ2v) is 8.74. The lowest BCUT2D eigenvalue weighted by atomic mass is 10.2. The van der Waals surface area contributed by atoms with Gasteiger partial charge in [0.15, 0.2) is 0 Å². The third-order valence-corrected chi connectivity index (χ3v) is 5.71. The minimum atomic E-state index is -3.44. The first-order valence-electron chi connectivity index (χ1n) is 7.63. The van der Waals surface area contributed by atoms with Crippen molar-refractivity contribution < 1.29 is 8.42 Å². The SMILES string of the molecule is CS(=O)(=O)N(Cc1cn2c(n1)CCCC2)Cc1ncc(Cl)cc1Cl. The smallest absolute Gasteiger partial charge is 0.211 e. The zero-order chi connectivity index (χ0) is 17.3. The molecule has 6 nitrogen and oxygen atoms in total. The van der Waals surface area contributed by atoms with Crippen LogP contribution in [0.5, 0.6) is 0 Å². The van der Waals surface area contributed by atoms with E-state index in [-0.39, 0.29) is 13.1 Å². The third kappa shape index (κ3) is 4.08. The first kappa shape index (κ1) is 17.7. The zero-order valence-electron chi connectivity index (χ0n) is 13.2. The first-order valence-corrected chi connectivity index (χ1v) is 10.2. The fourth-order valence-electron chi connectivity index (χ4n) is 2.75. The van der Waals surface area contributed by atoms with Crippen LogP contribution in [0.1, 0.15) is 30.1 Å². The van der Waals surface area contributed by atoms with E-state index < -0.39 is 10.0 Å². The molecular weight excluding hydrogens is 371 g/mol. The van der Waals surface area contributed by atoms with E-state index in [1.807, 2.05) is 6.20 Å². The number of halogens is 2. The van der Waals surface area contributed by atoms with Gasteiger partial charge in [-0.2, -0.15) is 4.31 Å². The molecule has 0 spiro atoms. The number of nitrogens with zero attached hydrogens (tertiary/aromatic N) is 4. The lowest BCUT2D eigenvalue weighted by Crippen LogP contribution is -2.29. The van der Waals surface area contributed by atoms with E-state index in [1.54, 1.807) is 6.07 Å². The molecule has 1 aliphatic heterocycles. The molecule has 3 heterocycles. The molecule has 0 aliphatic carbocycles. The summed E-state index contributed by atoms with van der Waals surface area (Å²) < 4.78 is 27.7. The van der Waals surface area contributed by atoms with Crippen molar-refractivity contribution in [2.24, 2.45) is 0 Å². The average Bonchev–Trinajstić information content (AvgIpc) is 2.90. The van der Waals surface area contributed by atoms with E-state index in [1.165, 1.54) is 16.8 Å². The lowest BCUT2D eigenvalue weighted by Gasteiger charge is -2.19. The van der Waals surface area contributed by atoms with Crippen LogP contribution < -0.4 is 0 Å². The number of hydrogen-bond acceptors (Lipinski definition) is 4. The largest absolute Gasteiger partial charge is 0.335 e. The van der Waals surface area contributed by atoms with Crippen LogP contribution in [0.3, 0.4) is 0 Å². The Morgan fingerprint density at radius 2 is 2.08 bits per heavy atom. The number of fused-ring (bicyclic) bond motifs is 1. The Balaban J connectivity index is 1.83. The number of aryl methyl sites for hydroxylation is 2. The van der Waals surface area contributed by atoms with Crippen LogP contribution in [0.25, 0.3) is 0 Å². The van der Waals surface area contributed by atoms with E-state index in [0.29, 0.717) is 15.7 Å². The molecule has 24 heavy (non-hydrogen) atoms. The predicted octanol–water partition coefficient (Wildman–Crippen LogP) is 2.88. The molecule has 0 amide bonds. The Morgan fingerprint density at radius 3 is 2.75 bits per heavy atom. The van der Waals surface area contributed by atoms with Gasteiger partial charge in [-0.15, -0.1) is 0 Å². The number of hydrogen-bond donors (Lipinski definition) is 0. The number of sulfonamides is 1. The van der Waals surface area contributed by atoms with Crippen molar-refractivity contribution in [3.63, 3.8) is 0 Å². The van der Waals surface area contributed by atoms with Gasteiger partial charge in [-0.05, 0) is 18.9 Å². The molecule has 0 N–H and O–H groups in total. The van der Waals surface area contributed by atoms with E-state index in [9.17, 15) is 8.42 Å². The van der Waals surface area contributed by atoms with Crippen LogP contribution in [0, 0.1) is 0 Å². The maximum absolute atomic E-state index is 12.2. The Morgan fingerprint density at radius 1 is 1.29 bits per heavy atom. The summed E-state index contributed by atoms with van der Waals surface area (Å²) in [6, 6.07) is 1.56. The number of rotatable bonds is 5. The molecule has 0 saturated heterocycles. The number of pyridine rings is 1. The molecule has 0 unspecified atom stereocenters. The molecule has 0 bridgehead atoms. The maximum atomic E-state index is 12.2. The van der Waals surface area contributed by atoms with E-state index in [4.69, 9.17) is 23.2 Å². The van der Waals surface area contributed by atoms with Crippen molar-refractivity contribution in [2.75, 3.05) is 6.26 Å². The molecular formula is C15H18Cl2N4O2S. The molecule has 3 rings (SSSR count). The normalized spacial score (nSPS) is 14.8. The highest BCUT2D eigenvalue weighted by Gasteiger charge is 2.22. The Hall–Kier alpha value is -1.15. The highest BCUT2D eigenvalue weighted by molar-refractivity contribution is 7.88. The fraction of sp³-hybridized carbons (Fsp3) is 0.467. The molecule has 1 aliphatic rings. The molecule has 0 fully saturated rings. The van der Waals surface area contributed by atoms with Crippen molar-refractivity contribution in [1.29, 1.82) is 0 Å². The van der Waals surface area contributed by atoms with Crippen LogP contribution in [-0.2, 0) is 36.1 Å². The van der Waals surface area contributed by atoms with Crippen molar-refractivity contribution in [3.05, 3.63) is 45.7 Å². The van der Waals surface area contributed by atoms with Crippen molar-refractivity contribution in [2.45, 2.75) is 38.9 Å². The van der Waals surface area contributed by atoms with Crippen LogP contribution in [0.2, 0.25) is 10.0 Å². The van der Waals surface area contributed by atoms with Crippen molar-refractivity contribution >= 4 is 33.2 Å². The van der Waals surface area contributed by atoms with Gasteiger partial charge in [-0.1, -0.05) is 23.2 Å². The monoisotopic (exact) mass is 388 g/mol. The van der Waals surface area contributed by atoms with Gasteiger partial charge in [0.2, 0.25) is 10.0 Å². The predicted molar refractivity (Wildman–Crippen MR) is 93.5 cm³/mol. The molecule has 0 saturated carbocycles. The van der Waals surface area contributed by atoms with E-state index in [2.05, 4.69) is 14.5 Å². The molecule has 130 valence electrons. The zero-order valence-corrected chi connectivity index (χ0v) is 15.6. The minimum absolute atomic E-state index is 0.0804. The number of aromatic nitrogens is 3. The topological polar surface area (TPSA) is 68.1 Å². The lowest BCUT2D eigenvalue weighted by molar-refractivity contribution is 0.397. The second kappa shape index (κ2) is 7.00. The Kier molecular flexibility index (Phi) is 5.15. The molecule has 0 atom stereocenters. The van der Waals surface area contributed by atoms with Gasteiger partial charge in [0.1, 0.15) is 5.82 Å². The number of imidazole rings is 1. The second-order valence-electron chi connectivity index (χ2n) is 5.91. The highest BCUT2D eigenvalue weighted by atomic mass is 35.5. The van der Waals surface area contributed by atoms with Gasteiger partial charge in [0.05, 0.1) is 40.8 Å². The van der Waals surface area contributed by atoms with Crippen LogP contribution in [0.4, 0.5) is 0 Å². The minimum Gasteiger partial charge on any atom is -0.335 e. The van der Waals surface area contributed by atoms with Gasteiger partial charge >= 0.3 is 0 Å². The summed E-state index contributed by atoms with van der Waals surface area (Å²) in [4.78, 5) is 8.71. The summed E-state index contributed by atoms with van der Waals surface area (Å²) in [5.41, 5.74) is 1.21. The van der Waals surface area contributed by atoms with Gasteiger partial charge < -0.3 is 4.57 Å². The van der Waals surface area contributed by atoms with Crippen LogP contribution in [0.15, 0.2) is 18.5 Å². The van der Waals surface area contributed by atoms with Crippen molar-refractivity contribution in [3.8, 4) is 0 Å². The van der Waals surface area contributed by atoms with Gasteiger partial charge in [0.25, 0.3) is 0 Å². The van der Waals surface area contributed by atoms with Crippen LogP contribution in [-0.4, -0.2) is 33.5 Å². The van der Waals surface area contributed by atoms with Crippen LogP contribution >= 0.6 is 23.2 Å². The summed E-state index contributed by atoms with van der Waals surface area (Å²) >= 11 is 12.0. The fourth-order valence-corrected chi connectivity index (χ4v) is 3.91. The van der Waals surface area contributed by atoms with Gasteiger partial charge in [-0.3, -0.25) is 4.98 Å². The summed E-state index contributed by atoms with van der Waals surface area (Å²) in [7, 11) is -3.44. The summed E-state index contributed by atoms with van der Waals surface area (Å²) in [5, 5.41) is 0.761. The standard InChI is InChI=1S/C15H18Cl2N4O2S/c1-24(22,23)21(10-14-13(17)6-11(16)7-18-14)9-12-8-20-5-3-2-4-15(20)19-12/h6-8H,2-5,9-10H2,1H3. The van der Waals surface area contributed by atoms with E-state index >= 15 is 0 Å². The Labute approximate surface area is 151 Å². The quantitative estimate of drug-likeness (QED) is 0.789. The van der Waals surface area contributed by atoms with Gasteiger partial charge in [0, 0.05) is 25.4 Å². The van der Waals surface area contributed by atoms with Gasteiger partial charge in [-0.25, -0.2) is 13.4 Å². The summed E-state index contributed by atoms with van der Waals surface area (Å²) in [6.07, 6.45) is 7.75. The highest BCUT2D eigenvalue weighted by Crippen LogP contribution is 2.22. The first-order chi connectivity index (χ1) is 11.3. The molecule has 0 aromatic carbocycles. The molecule has 9 heteroatoms.